The lowest BCUT2D eigenvalue weighted by atomic mass is 9.97. The van der Waals surface area contributed by atoms with E-state index in [1.165, 1.54) is 43.2 Å². The molecular weight excluding hydrogens is 506 g/mol. The van der Waals surface area contributed by atoms with Gasteiger partial charge in [-0.2, -0.15) is 0 Å². The zero-order chi connectivity index (χ0) is 28.9. The highest BCUT2D eigenvalue weighted by Gasteiger charge is 2.10. The highest BCUT2D eigenvalue weighted by molar-refractivity contribution is 6.32. The van der Waals surface area contributed by atoms with Gasteiger partial charge in [-0.15, -0.1) is 0 Å². The molecule has 6 heteroatoms. The topological polar surface area (TPSA) is 52.6 Å². The Labute approximate surface area is 245 Å². The molecule has 0 amide bonds. The molecule has 0 bridgehead atoms. The lowest BCUT2D eigenvalue weighted by Gasteiger charge is -2.07. The molecule has 0 unspecified atom stereocenters. The molecule has 0 radical (unpaired) electrons. The summed E-state index contributed by atoms with van der Waals surface area (Å²) in [6.45, 7) is 0. The van der Waals surface area contributed by atoms with E-state index in [-0.39, 0.29) is 11.9 Å². The van der Waals surface area contributed by atoms with Crippen LogP contribution < -0.4 is 20.4 Å². The molecule has 0 aliphatic rings. The van der Waals surface area contributed by atoms with Gasteiger partial charge in [0, 0.05) is 0 Å². The Morgan fingerprint density at radius 1 is 0.439 bits per heavy atom. The molecule has 0 fully saturated rings. The normalized spacial score (nSPS) is 10.7. The van der Waals surface area contributed by atoms with Gasteiger partial charge in [-0.05, 0) is 85.3 Å². The number of hydrogen-bond acceptors (Lipinski definition) is 4. The molecule has 0 aliphatic carbocycles. The highest BCUT2D eigenvalue weighted by atomic mass is 16.5. The standard InChI is InChI=1S/C35H38B2O4/c36-30-18-22-32(23-19-30)40-34(38)28-14-10-26(11-15-28)8-6-4-2-1-3-5-7-9-27-12-16-29(17-13-27)35(39)41-33-24-20-31(37)21-25-33/h10-25H,1-9,36-37H2. The molecule has 0 atom stereocenters. The summed E-state index contributed by atoms with van der Waals surface area (Å²) in [4.78, 5) is 24.7. The van der Waals surface area contributed by atoms with Gasteiger partial charge in [-0.25, -0.2) is 9.59 Å². The van der Waals surface area contributed by atoms with Crippen molar-refractivity contribution in [3.05, 3.63) is 119 Å². The fraction of sp³-hybridized carbons (Fsp3) is 0.257. The Kier molecular flexibility index (Phi) is 11.4. The first-order valence-electron chi connectivity index (χ1n) is 14.7. The second-order valence-electron chi connectivity index (χ2n) is 10.8. The molecule has 0 N–H and O–H groups in total. The maximum absolute atomic E-state index is 12.4. The summed E-state index contributed by atoms with van der Waals surface area (Å²) < 4.78 is 10.9. The fourth-order valence-corrected chi connectivity index (χ4v) is 4.70. The molecule has 0 heterocycles. The lowest BCUT2D eigenvalue weighted by Crippen LogP contribution is -2.09. The van der Waals surface area contributed by atoms with Crippen LogP contribution in [-0.2, 0) is 12.8 Å². The van der Waals surface area contributed by atoms with Gasteiger partial charge in [0.2, 0.25) is 0 Å². The van der Waals surface area contributed by atoms with Crippen LogP contribution >= 0.6 is 0 Å². The van der Waals surface area contributed by atoms with Crippen molar-refractivity contribution in [3.8, 4) is 11.5 Å². The maximum Gasteiger partial charge on any atom is 0.343 e. The third kappa shape index (κ3) is 10.1. The monoisotopic (exact) mass is 544 g/mol. The Balaban J connectivity index is 1.04. The van der Waals surface area contributed by atoms with E-state index in [0.717, 1.165) is 36.6 Å². The van der Waals surface area contributed by atoms with Crippen LogP contribution in [0.15, 0.2) is 97.1 Å². The zero-order valence-corrected chi connectivity index (χ0v) is 24.2. The van der Waals surface area contributed by atoms with Crippen LogP contribution in [0.25, 0.3) is 0 Å². The first kappa shape index (κ1) is 29.9. The first-order chi connectivity index (χ1) is 20.0. The van der Waals surface area contributed by atoms with Crippen LogP contribution in [0.1, 0.15) is 76.8 Å². The summed E-state index contributed by atoms with van der Waals surface area (Å²) in [5.41, 5.74) is 5.93. The average molecular weight is 544 g/mol. The van der Waals surface area contributed by atoms with Crippen LogP contribution in [0.3, 0.4) is 0 Å². The number of rotatable bonds is 14. The molecule has 0 saturated heterocycles. The molecule has 4 aromatic rings. The molecule has 0 aromatic heterocycles. The molecular formula is C35H38B2O4. The van der Waals surface area contributed by atoms with E-state index in [4.69, 9.17) is 9.47 Å². The first-order valence-corrected chi connectivity index (χ1v) is 14.7. The van der Waals surface area contributed by atoms with Crippen molar-refractivity contribution in [2.45, 2.75) is 57.8 Å². The molecule has 0 spiro atoms. The van der Waals surface area contributed by atoms with Gasteiger partial charge in [-0.1, -0.05) is 91.6 Å². The molecule has 41 heavy (non-hydrogen) atoms. The molecule has 4 nitrogen and oxygen atoms in total. The van der Waals surface area contributed by atoms with Gasteiger partial charge in [-0.3, -0.25) is 0 Å². The van der Waals surface area contributed by atoms with E-state index < -0.39 is 0 Å². The minimum absolute atomic E-state index is 0.323. The van der Waals surface area contributed by atoms with Gasteiger partial charge < -0.3 is 9.47 Å². The molecule has 208 valence electrons. The second-order valence-corrected chi connectivity index (χ2v) is 10.8. The predicted molar refractivity (Wildman–Crippen MR) is 172 cm³/mol. The van der Waals surface area contributed by atoms with E-state index in [2.05, 4.69) is 0 Å². The van der Waals surface area contributed by atoms with E-state index >= 15 is 0 Å². The van der Waals surface area contributed by atoms with Gasteiger partial charge in [0.25, 0.3) is 0 Å². The quantitative estimate of drug-likeness (QED) is 0.0954. The van der Waals surface area contributed by atoms with Crippen molar-refractivity contribution in [2.75, 3.05) is 0 Å². The van der Waals surface area contributed by atoms with Crippen LogP contribution in [0, 0.1) is 0 Å². The van der Waals surface area contributed by atoms with Gasteiger partial charge in [0.1, 0.15) is 27.2 Å². The number of esters is 2. The van der Waals surface area contributed by atoms with Crippen molar-refractivity contribution >= 4 is 38.6 Å². The maximum atomic E-state index is 12.4. The van der Waals surface area contributed by atoms with Crippen LogP contribution in [0.5, 0.6) is 11.5 Å². The summed E-state index contributed by atoms with van der Waals surface area (Å²) in [7, 11) is 4.01. The van der Waals surface area contributed by atoms with E-state index in [0.29, 0.717) is 22.6 Å². The van der Waals surface area contributed by atoms with Gasteiger partial charge in [0.15, 0.2) is 0 Å². The van der Waals surface area contributed by atoms with Crippen molar-refractivity contribution in [1.82, 2.24) is 0 Å². The zero-order valence-electron chi connectivity index (χ0n) is 24.2. The van der Waals surface area contributed by atoms with E-state index in [9.17, 15) is 9.59 Å². The van der Waals surface area contributed by atoms with Gasteiger partial charge >= 0.3 is 11.9 Å². The van der Waals surface area contributed by atoms with E-state index in [1.54, 1.807) is 0 Å². The molecule has 0 saturated carbocycles. The van der Waals surface area contributed by atoms with Crippen molar-refractivity contribution < 1.29 is 19.1 Å². The van der Waals surface area contributed by atoms with Crippen molar-refractivity contribution in [3.63, 3.8) is 0 Å². The summed E-state index contributed by atoms with van der Waals surface area (Å²) in [6, 6.07) is 30.5. The Bertz CT molecular complexity index is 1270. The lowest BCUT2D eigenvalue weighted by molar-refractivity contribution is 0.0725. The Morgan fingerprint density at radius 3 is 1.10 bits per heavy atom. The third-order valence-electron chi connectivity index (χ3n) is 7.27. The van der Waals surface area contributed by atoms with Crippen LogP contribution in [-0.4, -0.2) is 27.6 Å². The van der Waals surface area contributed by atoms with Crippen molar-refractivity contribution in [1.29, 1.82) is 0 Å². The molecule has 4 aromatic carbocycles. The molecule has 0 aliphatic heterocycles. The average Bonchev–Trinajstić information content (AvgIpc) is 2.99. The third-order valence-corrected chi connectivity index (χ3v) is 7.27. The van der Waals surface area contributed by atoms with Crippen LogP contribution in [0.2, 0.25) is 0 Å². The smallest absolute Gasteiger partial charge is 0.343 e. The summed E-state index contributed by atoms with van der Waals surface area (Å²) >= 11 is 0. The second kappa shape index (κ2) is 15.7. The molecule has 4 rings (SSSR count). The summed E-state index contributed by atoms with van der Waals surface area (Å²) in [5, 5.41) is 0. The van der Waals surface area contributed by atoms with E-state index in [1.807, 2.05) is 113 Å². The Morgan fingerprint density at radius 2 is 0.756 bits per heavy atom. The minimum Gasteiger partial charge on any atom is -0.423 e. The highest BCUT2D eigenvalue weighted by Crippen LogP contribution is 2.16. The number of unbranched alkanes of at least 4 members (excludes halogenated alkanes) is 6. The predicted octanol–water partition coefficient (Wildman–Crippen LogP) is 5.16. The number of carbonyl (C=O) groups is 2. The number of hydrogen-bond donors (Lipinski definition) is 0. The Hall–Kier alpha value is -4.05. The van der Waals surface area contributed by atoms with Crippen LogP contribution in [0.4, 0.5) is 0 Å². The SMILES string of the molecule is Bc1ccc(OC(=O)c2ccc(CCCCCCCCCc3ccc(C(=O)Oc4ccc(B)cc4)cc3)cc2)cc1. The van der Waals surface area contributed by atoms with Crippen molar-refractivity contribution in [2.24, 2.45) is 0 Å². The summed E-state index contributed by atoms with van der Waals surface area (Å²) in [6.07, 6.45) is 10.6. The number of ether oxygens (including phenoxy) is 2. The summed E-state index contributed by atoms with van der Waals surface area (Å²) in [5.74, 6) is 0.487. The number of aryl methyl sites for hydroxylation is 2. The number of benzene rings is 4. The van der Waals surface area contributed by atoms with Gasteiger partial charge in [0.05, 0.1) is 11.1 Å². The largest absolute Gasteiger partial charge is 0.423 e. The fourth-order valence-electron chi connectivity index (χ4n) is 4.70. The number of carbonyl (C=O) groups excluding carboxylic acids is 2. The minimum atomic E-state index is -0.323.